The average Bonchev–Trinajstić information content (AvgIpc) is 2.64. The number of benzene rings is 2. The monoisotopic (exact) mass is 414 g/mol. The van der Waals surface area contributed by atoms with E-state index in [0.717, 1.165) is 10.0 Å². The number of aromatic amines is 1. The van der Waals surface area contributed by atoms with Gasteiger partial charge in [-0.05, 0) is 12.1 Å². The van der Waals surface area contributed by atoms with Crippen molar-refractivity contribution in [3.05, 3.63) is 68.9 Å². The van der Waals surface area contributed by atoms with Crippen LogP contribution in [0.2, 0.25) is 0 Å². The van der Waals surface area contributed by atoms with E-state index in [2.05, 4.69) is 36.4 Å². The highest BCUT2D eigenvalue weighted by molar-refractivity contribution is 9.10. The zero-order valence-electron chi connectivity index (χ0n) is 13.7. The molecule has 0 amide bonds. The number of aromatic nitrogens is 2. The van der Waals surface area contributed by atoms with Gasteiger partial charge in [0, 0.05) is 21.7 Å². The van der Waals surface area contributed by atoms with E-state index in [1.54, 1.807) is 12.1 Å². The molecule has 0 atom stereocenters. The summed E-state index contributed by atoms with van der Waals surface area (Å²) in [7, 11) is 1.46. The zero-order valence-corrected chi connectivity index (χ0v) is 15.3. The van der Waals surface area contributed by atoms with Crippen LogP contribution in [0.15, 0.2) is 62.9 Å². The number of rotatable bonds is 5. The van der Waals surface area contributed by atoms with Crippen molar-refractivity contribution in [1.82, 2.24) is 9.97 Å². The summed E-state index contributed by atoms with van der Waals surface area (Å²) in [5.74, 6) is 0.466. The van der Waals surface area contributed by atoms with Crippen molar-refractivity contribution in [3.63, 3.8) is 0 Å². The molecule has 3 rings (SSSR count). The van der Waals surface area contributed by atoms with Crippen LogP contribution in [0.25, 0.3) is 11.3 Å². The fourth-order valence-electron chi connectivity index (χ4n) is 2.28. The number of hydrogen-bond acceptors (Lipinski definition) is 6. The summed E-state index contributed by atoms with van der Waals surface area (Å²) >= 11 is 3.34. The quantitative estimate of drug-likeness (QED) is 0.439. The highest BCUT2D eigenvalue weighted by Gasteiger charge is 2.08. The normalized spacial score (nSPS) is 10.8. The number of anilines is 1. The number of methoxy groups -OCH3 is 1. The number of nitrogens with zero attached hydrogens (tertiary/aromatic N) is 2. The molecule has 0 radical (unpaired) electrons. The van der Waals surface area contributed by atoms with E-state index in [-0.39, 0.29) is 17.3 Å². The third-order valence-electron chi connectivity index (χ3n) is 3.47. The number of halogens is 1. The minimum Gasteiger partial charge on any atom is -0.504 e. The number of hydrazone groups is 1. The molecule has 0 aliphatic heterocycles. The van der Waals surface area contributed by atoms with E-state index in [9.17, 15) is 9.90 Å². The molecule has 0 saturated carbocycles. The summed E-state index contributed by atoms with van der Waals surface area (Å²) in [6, 6.07) is 14.1. The summed E-state index contributed by atoms with van der Waals surface area (Å²) in [6.45, 7) is 0. The molecular formula is C18H15BrN4O3. The Bertz CT molecular complexity index is 1000. The number of phenolic OH excluding ortho intramolecular Hbond substituents is 1. The lowest BCUT2D eigenvalue weighted by atomic mass is 10.1. The minimum absolute atomic E-state index is 0.0410. The molecule has 7 nitrogen and oxygen atoms in total. The van der Waals surface area contributed by atoms with Gasteiger partial charge in [-0.2, -0.15) is 5.10 Å². The first-order valence-corrected chi connectivity index (χ1v) is 8.38. The van der Waals surface area contributed by atoms with E-state index in [1.807, 2.05) is 30.3 Å². The maximum atomic E-state index is 11.8. The second-order valence-electron chi connectivity index (χ2n) is 5.26. The number of H-pyrrole nitrogens is 1. The number of phenols is 1. The predicted octanol–water partition coefficient (Wildman–Crippen LogP) is 3.36. The molecule has 8 heteroatoms. The van der Waals surface area contributed by atoms with Crippen molar-refractivity contribution in [2.24, 2.45) is 5.10 Å². The van der Waals surface area contributed by atoms with Gasteiger partial charge < -0.3 is 9.84 Å². The van der Waals surface area contributed by atoms with Gasteiger partial charge in [-0.15, -0.1) is 0 Å². The lowest BCUT2D eigenvalue weighted by Crippen LogP contribution is -2.10. The second kappa shape index (κ2) is 7.83. The largest absolute Gasteiger partial charge is 0.504 e. The van der Waals surface area contributed by atoms with Gasteiger partial charge in [-0.1, -0.05) is 46.3 Å². The first-order valence-electron chi connectivity index (χ1n) is 7.59. The molecule has 0 bridgehead atoms. The molecule has 2 aromatic carbocycles. The first-order chi connectivity index (χ1) is 12.6. The molecule has 132 valence electrons. The van der Waals surface area contributed by atoms with Gasteiger partial charge in [0.05, 0.1) is 19.0 Å². The van der Waals surface area contributed by atoms with Crippen molar-refractivity contribution < 1.29 is 9.84 Å². The van der Waals surface area contributed by atoms with Gasteiger partial charge in [0.1, 0.15) is 0 Å². The molecule has 3 N–H and O–H groups in total. The number of nitrogens with one attached hydrogen (secondary N) is 2. The van der Waals surface area contributed by atoms with Crippen LogP contribution in [-0.2, 0) is 0 Å². The third kappa shape index (κ3) is 4.09. The SMILES string of the molecule is COc1cc(Br)cc(/C=N/Nc2nc(-c3ccccc3)cc(=O)[nH]2)c1O. The topological polar surface area (TPSA) is 99.6 Å². The molecule has 0 spiro atoms. The summed E-state index contributed by atoms with van der Waals surface area (Å²) in [6.07, 6.45) is 1.40. The molecule has 1 aromatic heterocycles. The Morgan fingerprint density at radius 1 is 1.27 bits per heavy atom. The van der Waals surface area contributed by atoms with Crippen LogP contribution >= 0.6 is 15.9 Å². The van der Waals surface area contributed by atoms with Crippen LogP contribution in [0.4, 0.5) is 5.95 Å². The number of aromatic hydroxyl groups is 1. The molecule has 0 fully saturated rings. The van der Waals surface area contributed by atoms with Crippen molar-refractivity contribution in [3.8, 4) is 22.8 Å². The van der Waals surface area contributed by atoms with Gasteiger partial charge in [0.2, 0.25) is 5.95 Å². The van der Waals surface area contributed by atoms with Crippen molar-refractivity contribution in [1.29, 1.82) is 0 Å². The maximum Gasteiger partial charge on any atom is 0.252 e. The molecular weight excluding hydrogens is 400 g/mol. The number of ether oxygens (including phenoxy) is 1. The average molecular weight is 415 g/mol. The molecule has 0 aliphatic carbocycles. The molecule has 0 unspecified atom stereocenters. The molecule has 3 aromatic rings. The van der Waals surface area contributed by atoms with Crippen LogP contribution in [0, 0.1) is 0 Å². The number of hydrogen-bond donors (Lipinski definition) is 3. The van der Waals surface area contributed by atoms with Gasteiger partial charge in [0.25, 0.3) is 5.56 Å². The van der Waals surface area contributed by atoms with Crippen molar-refractivity contribution in [2.75, 3.05) is 12.5 Å². The lowest BCUT2D eigenvalue weighted by molar-refractivity contribution is 0.373. The van der Waals surface area contributed by atoms with Gasteiger partial charge in [0.15, 0.2) is 11.5 Å². The Labute approximate surface area is 157 Å². The summed E-state index contributed by atoms with van der Waals surface area (Å²) in [4.78, 5) is 18.7. The highest BCUT2D eigenvalue weighted by Crippen LogP contribution is 2.32. The lowest BCUT2D eigenvalue weighted by Gasteiger charge is -2.07. The van der Waals surface area contributed by atoms with E-state index < -0.39 is 0 Å². The fraction of sp³-hybridized carbons (Fsp3) is 0.0556. The maximum absolute atomic E-state index is 11.8. The fourth-order valence-corrected chi connectivity index (χ4v) is 2.73. The van der Waals surface area contributed by atoms with Crippen molar-refractivity contribution >= 4 is 28.1 Å². The van der Waals surface area contributed by atoms with Crippen LogP contribution in [-0.4, -0.2) is 28.4 Å². The van der Waals surface area contributed by atoms with Crippen LogP contribution in [0.3, 0.4) is 0 Å². The Kier molecular flexibility index (Phi) is 5.33. The Hall–Kier alpha value is -3.13. The molecule has 0 saturated heterocycles. The van der Waals surface area contributed by atoms with Gasteiger partial charge in [-0.25, -0.2) is 10.4 Å². The first kappa shape index (κ1) is 17.7. The molecule has 1 heterocycles. The van der Waals surface area contributed by atoms with Gasteiger partial charge in [-0.3, -0.25) is 9.78 Å². The van der Waals surface area contributed by atoms with E-state index >= 15 is 0 Å². The van der Waals surface area contributed by atoms with E-state index in [0.29, 0.717) is 17.0 Å². The Morgan fingerprint density at radius 2 is 2.04 bits per heavy atom. The minimum atomic E-state index is -0.302. The van der Waals surface area contributed by atoms with Crippen LogP contribution in [0.5, 0.6) is 11.5 Å². The van der Waals surface area contributed by atoms with Crippen LogP contribution in [0.1, 0.15) is 5.56 Å². The molecule has 26 heavy (non-hydrogen) atoms. The van der Waals surface area contributed by atoms with Crippen LogP contribution < -0.4 is 15.7 Å². The van der Waals surface area contributed by atoms with E-state index in [1.165, 1.54) is 19.4 Å². The third-order valence-corrected chi connectivity index (χ3v) is 3.93. The summed E-state index contributed by atoms with van der Waals surface area (Å²) in [5.41, 5.74) is 4.14. The summed E-state index contributed by atoms with van der Waals surface area (Å²) in [5, 5.41) is 14.1. The Balaban J connectivity index is 1.85. The smallest absolute Gasteiger partial charge is 0.252 e. The standard InChI is InChI=1S/C18H15BrN4O3/c1-26-15-8-13(19)7-12(17(15)25)10-20-23-18-21-14(9-16(24)22-18)11-5-3-2-4-6-11/h2-10,25H,1H3,(H2,21,22,23,24)/b20-10+. The zero-order chi connectivity index (χ0) is 18.5. The van der Waals surface area contributed by atoms with Crippen molar-refractivity contribution in [2.45, 2.75) is 0 Å². The predicted molar refractivity (Wildman–Crippen MR) is 104 cm³/mol. The highest BCUT2D eigenvalue weighted by atomic mass is 79.9. The molecule has 0 aliphatic rings. The summed E-state index contributed by atoms with van der Waals surface area (Å²) < 4.78 is 5.82. The second-order valence-corrected chi connectivity index (χ2v) is 6.18. The van der Waals surface area contributed by atoms with E-state index in [4.69, 9.17) is 4.74 Å². The Morgan fingerprint density at radius 3 is 2.77 bits per heavy atom. The van der Waals surface area contributed by atoms with Gasteiger partial charge >= 0.3 is 0 Å².